The van der Waals surface area contributed by atoms with Crippen molar-refractivity contribution in [1.82, 2.24) is 0 Å². The number of rotatable bonds is 8. The lowest BCUT2D eigenvalue weighted by atomic mass is 10.0. The standard InChI is InChI=1S/C12H18O7/c1-4-17-9(13)7-8(11(15)18-5-2)10(14)12(16)19-6-3/h8H,4-7H2,1-3H3/t8-/m0/s1. The summed E-state index contributed by atoms with van der Waals surface area (Å²) in [7, 11) is 0. The van der Waals surface area contributed by atoms with E-state index in [1.807, 2.05) is 0 Å². The molecule has 0 aliphatic carbocycles. The third-order valence-electron chi connectivity index (χ3n) is 2.04. The first-order chi connectivity index (χ1) is 8.97. The number of carbonyl (C=O) groups is 4. The number of esters is 3. The molecule has 0 aromatic carbocycles. The fourth-order valence-corrected chi connectivity index (χ4v) is 1.26. The van der Waals surface area contributed by atoms with Gasteiger partial charge in [0.05, 0.1) is 26.2 Å². The van der Waals surface area contributed by atoms with Gasteiger partial charge in [0.1, 0.15) is 5.92 Å². The van der Waals surface area contributed by atoms with Gasteiger partial charge < -0.3 is 14.2 Å². The third kappa shape index (κ3) is 5.98. The van der Waals surface area contributed by atoms with Crippen LogP contribution in [0.5, 0.6) is 0 Å². The lowest BCUT2D eigenvalue weighted by molar-refractivity contribution is -0.164. The molecule has 0 rings (SSSR count). The zero-order valence-corrected chi connectivity index (χ0v) is 11.3. The average Bonchev–Trinajstić information content (AvgIpc) is 2.36. The number of hydrogen-bond donors (Lipinski definition) is 0. The van der Waals surface area contributed by atoms with E-state index in [9.17, 15) is 19.2 Å². The number of Topliss-reactive ketones (excluding diaryl/α,β-unsaturated/α-hetero) is 1. The van der Waals surface area contributed by atoms with E-state index in [0.29, 0.717) is 0 Å². The maximum atomic E-state index is 11.7. The molecule has 0 saturated heterocycles. The summed E-state index contributed by atoms with van der Waals surface area (Å²) in [6.45, 7) is 4.81. The van der Waals surface area contributed by atoms with Crippen LogP contribution in [0.25, 0.3) is 0 Å². The molecule has 19 heavy (non-hydrogen) atoms. The summed E-state index contributed by atoms with van der Waals surface area (Å²) in [6, 6.07) is 0. The van der Waals surface area contributed by atoms with Gasteiger partial charge in [-0.3, -0.25) is 14.4 Å². The highest BCUT2D eigenvalue weighted by molar-refractivity contribution is 6.38. The van der Waals surface area contributed by atoms with E-state index < -0.39 is 36.0 Å². The summed E-state index contributed by atoms with van der Waals surface area (Å²) >= 11 is 0. The molecule has 0 radical (unpaired) electrons. The molecule has 0 aromatic rings. The van der Waals surface area contributed by atoms with Gasteiger partial charge in [0.25, 0.3) is 5.78 Å². The van der Waals surface area contributed by atoms with Crippen molar-refractivity contribution in [3.8, 4) is 0 Å². The minimum absolute atomic E-state index is 0.000471. The Balaban J connectivity index is 4.84. The largest absolute Gasteiger partial charge is 0.466 e. The van der Waals surface area contributed by atoms with E-state index in [0.717, 1.165) is 0 Å². The zero-order chi connectivity index (χ0) is 14.8. The van der Waals surface area contributed by atoms with Crippen LogP contribution in [0.3, 0.4) is 0 Å². The van der Waals surface area contributed by atoms with Gasteiger partial charge in [-0.05, 0) is 20.8 Å². The maximum absolute atomic E-state index is 11.7. The molecule has 0 bridgehead atoms. The van der Waals surface area contributed by atoms with Crippen molar-refractivity contribution in [2.24, 2.45) is 5.92 Å². The Morgan fingerprint density at radius 2 is 1.37 bits per heavy atom. The molecular formula is C12H18O7. The van der Waals surface area contributed by atoms with Crippen molar-refractivity contribution in [3.63, 3.8) is 0 Å². The number of carbonyl (C=O) groups excluding carboxylic acids is 4. The normalized spacial score (nSPS) is 11.3. The van der Waals surface area contributed by atoms with Crippen molar-refractivity contribution in [2.45, 2.75) is 27.2 Å². The van der Waals surface area contributed by atoms with E-state index in [-0.39, 0.29) is 19.8 Å². The minimum atomic E-state index is -1.52. The van der Waals surface area contributed by atoms with Crippen molar-refractivity contribution in [1.29, 1.82) is 0 Å². The first kappa shape index (κ1) is 17.1. The van der Waals surface area contributed by atoms with Crippen LogP contribution in [0, 0.1) is 5.92 Å². The SMILES string of the molecule is CCOC(=O)C[C@H](C(=O)OCC)C(=O)C(=O)OCC. The summed E-state index contributed by atoms with van der Waals surface area (Å²) in [5, 5.41) is 0. The van der Waals surface area contributed by atoms with E-state index in [2.05, 4.69) is 14.2 Å². The Kier molecular flexibility index (Phi) is 8.15. The monoisotopic (exact) mass is 274 g/mol. The fourth-order valence-electron chi connectivity index (χ4n) is 1.26. The Morgan fingerprint density at radius 1 is 0.842 bits per heavy atom. The fraction of sp³-hybridized carbons (Fsp3) is 0.667. The Bertz CT molecular complexity index is 348. The summed E-state index contributed by atoms with van der Waals surface area (Å²) in [6.07, 6.45) is -0.537. The molecule has 0 amide bonds. The lowest BCUT2D eigenvalue weighted by Gasteiger charge is -2.12. The first-order valence-corrected chi connectivity index (χ1v) is 6.01. The predicted molar refractivity (Wildman–Crippen MR) is 63.0 cm³/mol. The minimum Gasteiger partial charge on any atom is -0.466 e. The summed E-state index contributed by atoms with van der Waals surface area (Å²) < 4.78 is 13.8. The van der Waals surface area contributed by atoms with Crippen LogP contribution in [-0.2, 0) is 33.4 Å². The molecule has 0 aromatic heterocycles. The van der Waals surface area contributed by atoms with Crippen LogP contribution in [0.15, 0.2) is 0 Å². The second-order valence-corrected chi connectivity index (χ2v) is 3.40. The van der Waals surface area contributed by atoms with E-state index >= 15 is 0 Å². The molecule has 0 spiro atoms. The second kappa shape index (κ2) is 9.07. The Labute approximate surface area is 111 Å². The Morgan fingerprint density at radius 3 is 1.84 bits per heavy atom. The van der Waals surface area contributed by atoms with Crippen molar-refractivity contribution < 1.29 is 33.4 Å². The van der Waals surface area contributed by atoms with Gasteiger partial charge in [-0.25, -0.2) is 4.79 Å². The molecule has 0 N–H and O–H groups in total. The highest BCUT2D eigenvalue weighted by Gasteiger charge is 2.36. The molecule has 7 heteroatoms. The first-order valence-electron chi connectivity index (χ1n) is 6.01. The summed E-state index contributed by atoms with van der Waals surface area (Å²) in [4.78, 5) is 45.9. The smallest absolute Gasteiger partial charge is 0.375 e. The number of ether oxygens (including phenoxy) is 3. The highest BCUT2D eigenvalue weighted by atomic mass is 16.5. The van der Waals surface area contributed by atoms with E-state index in [1.165, 1.54) is 6.92 Å². The zero-order valence-electron chi connectivity index (χ0n) is 11.3. The van der Waals surface area contributed by atoms with Gasteiger partial charge >= 0.3 is 17.9 Å². The van der Waals surface area contributed by atoms with E-state index in [1.54, 1.807) is 13.8 Å². The topological polar surface area (TPSA) is 96.0 Å². The second-order valence-electron chi connectivity index (χ2n) is 3.40. The van der Waals surface area contributed by atoms with Gasteiger partial charge in [0.2, 0.25) is 0 Å². The van der Waals surface area contributed by atoms with Crippen molar-refractivity contribution >= 4 is 23.7 Å². The van der Waals surface area contributed by atoms with Crippen molar-refractivity contribution in [3.05, 3.63) is 0 Å². The Hall–Kier alpha value is -1.92. The predicted octanol–water partition coefficient (Wildman–Crippen LogP) is 0.251. The van der Waals surface area contributed by atoms with Gasteiger partial charge in [0, 0.05) is 0 Å². The van der Waals surface area contributed by atoms with Crippen LogP contribution >= 0.6 is 0 Å². The quantitative estimate of drug-likeness (QED) is 0.271. The molecule has 0 heterocycles. The van der Waals surface area contributed by atoms with Crippen LogP contribution in [0.4, 0.5) is 0 Å². The van der Waals surface area contributed by atoms with Crippen LogP contribution in [-0.4, -0.2) is 43.5 Å². The van der Waals surface area contributed by atoms with Gasteiger partial charge in [-0.1, -0.05) is 0 Å². The van der Waals surface area contributed by atoms with Crippen molar-refractivity contribution in [2.75, 3.05) is 19.8 Å². The molecular weight excluding hydrogens is 256 g/mol. The molecule has 0 unspecified atom stereocenters. The lowest BCUT2D eigenvalue weighted by Crippen LogP contribution is -2.35. The number of hydrogen-bond acceptors (Lipinski definition) is 7. The molecule has 0 fully saturated rings. The third-order valence-corrected chi connectivity index (χ3v) is 2.04. The molecule has 0 saturated carbocycles. The van der Waals surface area contributed by atoms with Crippen LogP contribution in [0.1, 0.15) is 27.2 Å². The maximum Gasteiger partial charge on any atom is 0.375 e. The van der Waals surface area contributed by atoms with E-state index in [4.69, 9.17) is 0 Å². The number of ketones is 1. The highest BCUT2D eigenvalue weighted by Crippen LogP contribution is 2.10. The van der Waals surface area contributed by atoms with Crippen LogP contribution < -0.4 is 0 Å². The molecule has 108 valence electrons. The summed E-state index contributed by atoms with van der Waals surface area (Å²) in [5.41, 5.74) is 0. The molecule has 7 nitrogen and oxygen atoms in total. The van der Waals surface area contributed by atoms with Crippen LogP contribution in [0.2, 0.25) is 0 Å². The summed E-state index contributed by atoms with van der Waals surface area (Å²) in [5.74, 6) is -5.47. The molecule has 1 atom stereocenters. The average molecular weight is 274 g/mol. The molecule has 0 aliphatic rings. The van der Waals surface area contributed by atoms with Gasteiger partial charge in [-0.15, -0.1) is 0 Å². The molecule has 0 aliphatic heterocycles. The van der Waals surface area contributed by atoms with Gasteiger partial charge in [-0.2, -0.15) is 0 Å². The van der Waals surface area contributed by atoms with Gasteiger partial charge in [0.15, 0.2) is 0 Å².